The summed E-state index contributed by atoms with van der Waals surface area (Å²) >= 11 is 0. The van der Waals surface area contributed by atoms with Crippen molar-refractivity contribution in [3.8, 4) is 6.07 Å². The van der Waals surface area contributed by atoms with Crippen molar-refractivity contribution in [2.24, 2.45) is 0 Å². The van der Waals surface area contributed by atoms with Gasteiger partial charge in [-0.25, -0.2) is 9.97 Å². The fraction of sp³-hybridized carbons (Fsp3) is 0.583. The van der Waals surface area contributed by atoms with Gasteiger partial charge in [-0.05, 0) is 7.05 Å². The normalized spacial score (nSPS) is 17.3. The summed E-state index contributed by atoms with van der Waals surface area (Å²) in [4.78, 5) is 12.9. The first-order valence-corrected chi connectivity index (χ1v) is 6.15. The number of piperazine rings is 1. The van der Waals surface area contributed by atoms with E-state index in [1.54, 1.807) is 6.20 Å². The number of nitriles is 1. The highest BCUT2D eigenvalue weighted by Gasteiger charge is 2.12. The molecule has 1 fully saturated rings. The van der Waals surface area contributed by atoms with E-state index in [2.05, 4.69) is 32.1 Å². The van der Waals surface area contributed by atoms with Gasteiger partial charge in [-0.1, -0.05) is 0 Å². The number of aromatic nitrogens is 2. The highest BCUT2D eigenvalue weighted by molar-refractivity contribution is 5.32. The summed E-state index contributed by atoms with van der Waals surface area (Å²) in [7, 11) is 2.15. The minimum absolute atomic E-state index is 0.347. The maximum absolute atomic E-state index is 8.61. The molecule has 2 rings (SSSR count). The lowest BCUT2D eigenvalue weighted by Gasteiger charge is -2.32. The van der Waals surface area contributed by atoms with E-state index < -0.39 is 0 Å². The summed E-state index contributed by atoms with van der Waals surface area (Å²) in [6.07, 6.45) is 3.08. The zero-order chi connectivity index (χ0) is 12.8. The van der Waals surface area contributed by atoms with Crippen LogP contribution in [-0.2, 0) is 0 Å². The van der Waals surface area contributed by atoms with Gasteiger partial charge in [-0.15, -0.1) is 0 Å². The van der Waals surface area contributed by atoms with E-state index in [1.807, 2.05) is 6.07 Å². The molecule has 0 aliphatic carbocycles. The van der Waals surface area contributed by atoms with E-state index in [0.717, 1.165) is 45.1 Å². The maximum Gasteiger partial charge on any atom is 0.158 e. The quantitative estimate of drug-likeness (QED) is 0.807. The molecular weight excluding hydrogens is 228 g/mol. The van der Waals surface area contributed by atoms with Crippen LogP contribution in [0.1, 0.15) is 5.69 Å². The fourth-order valence-corrected chi connectivity index (χ4v) is 1.89. The monoisotopic (exact) mass is 246 g/mol. The van der Waals surface area contributed by atoms with Crippen molar-refractivity contribution < 1.29 is 0 Å². The lowest BCUT2D eigenvalue weighted by Crippen LogP contribution is -2.45. The topological polar surface area (TPSA) is 68.1 Å². The molecule has 0 unspecified atom stereocenters. The smallest absolute Gasteiger partial charge is 0.158 e. The number of anilines is 1. The molecule has 0 aromatic carbocycles. The first kappa shape index (κ1) is 12.7. The highest BCUT2D eigenvalue weighted by Crippen LogP contribution is 2.01. The Bertz CT molecular complexity index is 402. The van der Waals surface area contributed by atoms with E-state index >= 15 is 0 Å². The third kappa shape index (κ3) is 3.65. The highest BCUT2D eigenvalue weighted by atomic mass is 15.2. The summed E-state index contributed by atoms with van der Waals surface area (Å²) in [5, 5.41) is 11.8. The lowest BCUT2D eigenvalue weighted by molar-refractivity contribution is 0.158. The van der Waals surface area contributed by atoms with Crippen LogP contribution in [0.25, 0.3) is 0 Å². The molecular formula is C12H18N6. The number of nitrogens with one attached hydrogen (secondary N) is 1. The predicted molar refractivity (Wildman–Crippen MR) is 69.2 cm³/mol. The largest absolute Gasteiger partial charge is 0.368 e. The summed E-state index contributed by atoms with van der Waals surface area (Å²) < 4.78 is 0. The van der Waals surface area contributed by atoms with Crippen molar-refractivity contribution in [2.75, 3.05) is 51.6 Å². The van der Waals surface area contributed by atoms with Crippen LogP contribution in [-0.4, -0.2) is 66.1 Å². The van der Waals surface area contributed by atoms with E-state index in [4.69, 9.17) is 5.26 Å². The van der Waals surface area contributed by atoms with Crippen LogP contribution >= 0.6 is 0 Å². The van der Waals surface area contributed by atoms with Crippen LogP contribution in [0.15, 0.2) is 12.4 Å². The summed E-state index contributed by atoms with van der Waals surface area (Å²) in [5.41, 5.74) is 0.347. The van der Waals surface area contributed by atoms with Crippen molar-refractivity contribution >= 4 is 5.82 Å². The van der Waals surface area contributed by atoms with Gasteiger partial charge in [0, 0.05) is 39.3 Å². The molecule has 1 saturated heterocycles. The molecule has 1 N–H and O–H groups in total. The van der Waals surface area contributed by atoms with Gasteiger partial charge >= 0.3 is 0 Å². The van der Waals surface area contributed by atoms with Crippen LogP contribution in [0.2, 0.25) is 0 Å². The molecule has 0 radical (unpaired) electrons. The Kier molecular flexibility index (Phi) is 4.45. The molecule has 0 spiro atoms. The number of hydrogen-bond acceptors (Lipinski definition) is 6. The maximum atomic E-state index is 8.61. The Labute approximate surface area is 107 Å². The summed E-state index contributed by atoms with van der Waals surface area (Å²) in [5.74, 6) is 0.725. The number of rotatable bonds is 4. The Morgan fingerprint density at radius 1 is 1.28 bits per heavy atom. The van der Waals surface area contributed by atoms with Gasteiger partial charge in [0.15, 0.2) is 5.69 Å². The molecule has 6 heteroatoms. The van der Waals surface area contributed by atoms with Crippen molar-refractivity contribution in [3.63, 3.8) is 0 Å². The Morgan fingerprint density at radius 2 is 2.06 bits per heavy atom. The van der Waals surface area contributed by atoms with Gasteiger partial charge in [0.25, 0.3) is 0 Å². The van der Waals surface area contributed by atoms with Gasteiger partial charge in [0.1, 0.15) is 11.9 Å². The molecule has 0 bridgehead atoms. The first-order valence-electron chi connectivity index (χ1n) is 6.15. The molecule has 96 valence electrons. The average molecular weight is 246 g/mol. The second-order valence-corrected chi connectivity index (χ2v) is 4.47. The van der Waals surface area contributed by atoms with E-state index in [-0.39, 0.29) is 0 Å². The van der Waals surface area contributed by atoms with Crippen LogP contribution < -0.4 is 5.32 Å². The van der Waals surface area contributed by atoms with Gasteiger partial charge in [0.05, 0.1) is 12.4 Å². The zero-order valence-corrected chi connectivity index (χ0v) is 10.6. The minimum Gasteiger partial charge on any atom is -0.368 e. The second kappa shape index (κ2) is 6.28. The molecule has 1 aliphatic rings. The van der Waals surface area contributed by atoms with Crippen LogP contribution in [0.3, 0.4) is 0 Å². The minimum atomic E-state index is 0.347. The third-order valence-electron chi connectivity index (χ3n) is 3.10. The van der Waals surface area contributed by atoms with E-state index in [9.17, 15) is 0 Å². The molecule has 1 aromatic heterocycles. The lowest BCUT2D eigenvalue weighted by atomic mass is 10.3. The van der Waals surface area contributed by atoms with Gasteiger partial charge < -0.3 is 10.2 Å². The van der Waals surface area contributed by atoms with Crippen LogP contribution in [0.5, 0.6) is 0 Å². The average Bonchev–Trinajstić information content (AvgIpc) is 2.42. The van der Waals surface area contributed by atoms with Gasteiger partial charge in [0.2, 0.25) is 0 Å². The molecule has 18 heavy (non-hydrogen) atoms. The van der Waals surface area contributed by atoms with Crippen molar-refractivity contribution in [1.82, 2.24) is 19.8 Å². The summed E-state index contributed by atoms with van der Waals surface area (Å²) in [6, 6.07) is 1.95. The van der Waals surface area contributed by atoms with Crippen molar-refractivity contribution in [1.29, 1.82) is 5.26 Å². The number of nitrogens with zero attached hydrogens (tertiary/aromatic N) is 5. The third-order valence-corrected chi connectivity index (χ3v) is 3.10. The summed E-state index contributed by atoms with van der Waals surface area (Å²) in [6.45, 7) is 6.38. The molecule has 0 atom stereocenters. The van der Waals surface area contributed by atoms with Gasteiger partial charge in [-0.2, -0.15) is 5.26 Å². The van der Waals surface area contributed by atoms with Crippen molar-refractivity contribution in [2.45, 2.75) is 0 Å². The SMILES string of the molecule is CN1CCN(CCNc2cnc(C#N)cn2)CC1. The number of likely N-dealkylation sites (N-methyl/N-ethyl adjacent to an activating group) is 1. The molecule has 0 saturated carbocycles. The standard InChI is InChI=1S/C12H18N6/c1-17-4-6-18(7-5-17)3-2-14-12-10-15-11(8-13)9-16-12/h9-10H,2-7H2,1H3,(H,14,16). The Morgan fingerprint density at radius 3 is 2.67 bits per heavy atom. The molecule has 1 aromatic rings. The molecule has 0 amide bonds. The van der Waals surface area contributed by atoms with Crippen molar-refractivity contribution in [3.05, 3.63) is 18.1 Å². The van der Waals surface area contributed by atoms with Gasteiger partial charge in [-0.3, -0.25) is 4.90 Å². The second-order valence-electron chi connectivity index (χ2n) is 4.47. The van der Waals surface area contributed by atoms with Crippen LogP contribution in [0.4, 0.5) is 5.82 Å². The Balaban J connectivity index is 1.70. The number of hydrogen-bond donors (Lipinski definition) is 1. The van der Waals surface area contributed by atoms with E-state index in [0.29, 0.717) is 5.69 Å². The molecule has 1 aliphatic heterocycles. The predicted octanol–water partition coefficient (Wildman–Crippen LogP) is 0.00758. The van der Waals surface area contributed by atoms with Crippen LogP contribution in [0, 0.1) is 11.3 Å². The molecule has 6 nitrogen and oxygen atoms in total. The Hall–Kier alpha value is -1.71. The van der Waals surface area contributed by atoms with E-state index in [1.165, 1.54) is 6.20 Å². The fourth-order valence-electron chi connectivity index (χ4n) is 1.89. The zero-order valence-electron chi connectivity index (χ0n) is 10.6. The molecule has 2 heterocycles. The first-order chi connectivity index (χ1) is 8.78.